The van der Waals surface area contributed by atoms with E-state index in [0.717, 1.165) is 13.1 Å². The molecule has 11 heavy (non-hydrogen) atoms. The number of rotatable bonds is 3. The molecule has 1 fully saturated rings. The Labute approximate surface area is 67.3 Å². The predicted molar refractivity (Wildman–Crippen MR) is 42.0 cm³/mol. The first-order valence-corrected chi connectivity index (χ1v) is 4.18. The second kappa shape index (κ2) is 4.34. The smallest absolute Gasteiger partial charge is 0.294 e. The predicted octanol–water partition coefficient (Wildman–Crippen LogP) is 0.991. The lowest BCUT2D eigenvalue weighted by molar-refractivity contribution is -0.142. The standard InChI is InChI=1S/C8H15NO2/c1-8(11-7-10)9-5-3-2-4-6-9/h7-8H,2-6H2,1H3. The molecule has 0 aromatic carbocycles. The van der Waals surface area contributed by atoms with E-state index in [1.54, 1.807) is 0 Å². The Balaban J connectivity index is 2.26. The van der Waals surface area contributed by atoms with Crippen LogP contribution < -0.4 is 0 Å². The number of nitrogens with zero attached hydrogens (tertiary/aromatic N) is 1. The summed E-state index contributed by atoms with van der Waals surface area (Å²) in [5, 5.41) is 0. The zero-order chi connectivity index (χ0) is 8.10. The number of carbonyl (C=O) groups excluding carboxylic acids is 1. The zero-order valence-corrected chi connectivity index (χ0v) is 6.95. The van der Waals surface area contributed by atoms with Crippen molar-refractivity contribution in [2.45, 2.75) is 32.4 Å². The topological polar surface area (TPSA) is 29.5 Å². The van der Waals surface area contributed by atoms with Gasteiger partial charge in [-0.05, 0) is 19.8 Å². The lowest BCUT2D eigenvalue weighted by Crippen LogP contribution is -2.38. The molecule has 0 spiro atoms. The molecule has 1 aliphatic heterocycles. The van der Waals surface area contributed by atoms with Crippen molar-refractivity contribution < 1.29 is 9.53 Å². The SMILES string of the molecule is CC(OC=O)N1CCCCC1. The summed E-state index contributed by atoms with van der Waals surface area (Å²) in [6.07, 6.45) is 3.73. The van der Waals surface area contributed by atoms with Gasteiger partial charge in [-0.3, -0.25) is 9.69 Å². The summed E-state index contributed by atoms with van der Waals surface area (Å²) in [7, 11) is 0. The van der Waals surface area contributed by atoms with Crippen LogP contribution in [0, 0.1) is 0 Å². The minimum Gasteiger partial charge on any atom is -0.449 e. The van der Waals surface area contributed by atoms with E-state index in [1.807, 2.05) is 6.92 Å². The van der Waals surface area contributed by atoms with Gasteiger partial charge in [0.2, 0.25) is 0 Å². The highest BCUT2D eigenvalue weighted by molar-refractivity contribution is 5.37. The van der Waals surface area contributed by atoms with Crippen LogP contribution in [0.1, 0.15) is 26.2 Å². The second-order valence-electron chi connectivity index (χ2n) is 2.93. The molecule has 1 saturated heterocycles. The van der Waals surface area contributed by atoms with Crippen molar-refractivity contribution in [3.05, 3.63) is 0 Å². The van der Waals surface area contributed by atoms with E-state index in [4.69, 9.17) is 4.74 Å². The molecule has 64 valence electrons. The number of likely N-dealkylation sites (tertiary alicyclic amines) is 1. The molecule has 1 heterocycles. The first kappa shape index (κ1) is 8.53. The highest BCUT2D eigenvalue weighted by atomic mass is 16.5. The Kier molecular flexibility index (Phi) is 3.36. The van der Waals surface area contributed by atoms with E-state index in [2.05, 4.69) is 4.90 Å². The van der Waals surface area contributed by atoms with Gasteiger partial charge in [-0.25, -0.2) is 0 Å². The summed E-state index contributed by atoms with van der Waals surface area (Å²) < 4.78 is 4.83. The van der Waals surface area contributed by atoms with Gasteiger partial charge in [-0.2, -0.15) is 0 Å². The number of hydrogen-bond acceptors (Lipinski definition) is 3. The fourth-order valence-electron chi connectivity index (χ4n) is 1.45. The van der Waals surface area contributed by atoms with Crippen molar-refractivity contribution in [2.75, 3.05) is 13.1 Å². The van der Waals surface area contributed by atoms with Gasteiger partial charge in [0.05, 0.1) is 0 Å². The maximum absolute atomic E-state index is 10.0. The molecule has 1 atom stereocenters. The van der Waals surface area contributed by atoms with Gasteiger partial charge in [-0.15, -0.1) is 0 Å². The summed E-state index contributed by atoms with van der Waals surface area (Å²) in [6, 6.07) is 0. The average Bonchev–Trinajstić information content (AvgIpc) is 2.07. The summed E-state index contributed by atoms with van der Waals surface area (Å²) in [5.41, 5.74) is 0. The highest BCUT2D eigenvalue weighted by Crippen LogP contribution is 2.11. The molecule has 3 nitrogen and oxygen atoms in total. The Morgan fingerprint density at radius 1 is 1.36 bits per heavy atom. The van der Waals surface area contributed by atoms with Gasteiger partial charge in [0.25, 0.3) is 6.47 Å². The molecule has 0 aromatic heterocycles. The first-order valence-electron chi connectivity index (χ1n) is 4.18. The summed E-state index contributed by atoms with van der Waals surface area (Å²) in [4.78, 5) is 12.2. The Morgan fingerprint density at radius 2 is 2.00 bits per heavy atom. The second-order valence-corrected chi connectivity index (χ2v) is 2.93. The van der Waals surface area contributed by atoms with Crippen LogP contribution in [0.4, 0.5) is 0 Å². The minimum absolute atomic E-state index is 0.0344. The average molecular weight is 157 g/mol. The molecule has 1 rings (SSSR count). The van der Waals surface area contributed by atoms with Crippen LogP contribution >= 0.6 is 0 Å². The van der Waals surface area contributed by atoms with E-state index in [0.29, 0.717) is 6.47 Å². The van der Waals surface area contributed by atoms with Gasteiger partial charge < -0.3 is 4.74 Å². The summed E-state index contributed by atoms with van der Waals surface area (Å²) >= 11 is 0. The number of ether oxygens (including phenoxy) is 1. The third-order valence-corrected chi connectivity index (χ3v) is 2.16. The van der Waals surface area contributed by atoms with E-state index >= 15 is 0 Å². The van der Waals surface area contributed by atoms with Gasteiger partial charge in [0.1, 0.15) is 0 Å². The van der Waals surface area contributed by atoms with Crippen LogP contribution in [0.15, 0.2) is 0 Å². The molecule has 0 radical (unpaired) electrons. The summed E-state index contributed by atoms with van der Waals surface area (Å²) in [6.45, 7) is 4.57. The van der Waals surface area contributed by atoms with Crippen LogP contribution in [0.3, 0.4) is 0 Å². The lowest BCUT2D eigenvalue weighted by atomic mass is 10.1. The van der Waals surface area contributed by atoms with Crippen LogP contribution in [-0.4, -0.2) is 30.7 Å². The fourth-order valence-corrected chi connectivity index (χ4v) is 1.45. The molecule has 1 aliphatic rings. The van der Waals surface area contributed by atoms with Crippen LogP contribution in [0.2, 0.25) is 0 Å². The zero-order valence-electron chi connectivity index (χ0n) is 6.95. The molecule has 0 aliphatic carbocycles. The molecule has 0 saturated carbocycles. The Morgan fingerprint density at radius 3 is 2.55 bits per heavy atom. The van der Waals surface area contributed by atoms with Crippen molar-refractivity contribution in [3.63, 3.8) is 0 Å². The lowest BCUT2D eigenvalue weighted by Gasteiger charge is -2.30. The molecular weight excluding hydrogens is 142 g/mol. The normalized spacial score (nSPS) is 22.6. The maximum atomic E-state index is 10.0. The van der Waals surface area contributed by atoms with E-state index < -0.39 is 0 Å². The van der Waals surface area contributed by atoms with Crippen LogP contribution in [-0.2, 0) is 9.53 Å². The molecule has 1 unspecified atom stereocenters. The van der Waals surface area contributed by atoms with Crippen molar-refractivity contribution in [2.24, 2.45) is 0 Å². The van der Waals surface area contributed by atoms with E-state index in [9.17, 15) is 4.79 Å². The van der Waals surface area contributed by atoms with E-state index in [1.165, 1.54) is 19.3 Å². The van der Waals surface area contributed by atoms with Gasteiger partial charge in [-0.1, -0.05) is 6.42 Å². The van der Waals surface area contributed by atoms with E-state index in [-0.39, 0.29) is 6.23 Å². The first-order chi connectivity index (χ1) is 5.34. The van der Waals surface area contributed by atoms with Crippen molar-refractivity contribution in [3.8, 4) is 0 Å². The fraction of sp³-hybridized carbons (Fsp3) is 0.875. The van der Waals surface area contributed by atoms with Gasteiger partial charge in [0, 0.05) is 13.1 Å². The Bertz CT molecular complexity index is 121. The molecular formula is C8H15NO2. The number of carbonyl (C=O) groups is 1. The Hall–Kier alpha value is -0.570. The number of piperidine rings is 1. The summed E-state index contributed by atoms with van der Waals surface area (Å²) in [5.74, 6) is 0. The van der Waals surface area contributed by atoms with Crippen LogP contribution in [0.25, 0.3) is 0 Å². The molecule has 0 amide bonds. The van der Waals surface area contributed by atoms with Crippen molar-refractivity contribution in [1.82, 2.24) is 4.90 Å². The highest BCUT2D eigenvalue weighted by Gasteiger charge is 2.16. The largest absolute Gasteiger partial charge is 0.449 e. The number of hydrogen-bond donors (Lipinski definition) is 0. The molecule has 0 aromatic rings. The maximum Gasteiger partial charge on any atom is 0.294 e. The molecule has 0 N–H and O–H groups in total. The third-order valence-electron chi connectivity index (χ3n) is 2.16. The van der Waals surface area contributed by atoms with Crippen LogP contribution in [0.5, 0.6) is 0 Å². The molecule has 0 bridgehead atoms. The third kappa shape index (κ3) is 2.50. The van der Waals surface area contributed by atoms with Crippen molar-refractivity contribution >= 4 is 6.47 Å². The van der Waals surface area contributed by atoms with Crippen molar-refractivity contribution in [1.29, 1.82) is 0 Å². The minimum atomic E-state index is -0.0344. The van der Waals surface area contributed by atoms with Gasteiger partial charge in [0.15, 0.2) is 6.23 Å². The monoisotopic (exact) mass is 157 g/mol. The van der Waals surface area contributed by atoms with Gasteiger partial charge >= 0.3 is 0 Å². The quantitative estimate of drug-likeness (QED) is 0.572. The molecule has 3 heteroatoms.